The number of ether oxygens (including phenoxy) is 1. The molecule has 2 aromatic carbocycles. The summed E-state index contributed by atoms with van der Waals surface area (Å²) >= 11 is 9.48. The Kier molecular flexibility index (Phi) is 6.18. The van der Waals surface area contributed by atoms with Gasteiger partial charge in [-0.1, -0.05) is 59.8 Å². The van der Waals surface area contributed by atoms with Gasteiger partial charge in [-0.05, 0) is 24.6 Å². The molecule has 0 spiro atoms. The first-order chi connectivity index (χ1) is 14.1. The molecule has 148 valence electrons. The van der Waals surface area contributed by atoms with Gasteiger partial charge in [0.2, 0.25) is 0 Å². The van der Waals surface area contributed by atoms with Crippen LogP contribution in [0.1, 0.15) is 17.1 Å². The quantitative estimate of drug-likeness (QED) is 0.340. The number of halogens is 1. The van der Waals surface area contributed by atoms with E-state index in [0.29, 0.717) is 17.4 Å². The molecular formula is C21H19ClN4OS2. The zero-order valence-electron chi connectivity index (χ0n) is 16.0. The molecule has 2 heterocycles. The second-order valence-corrected chi connectivity index (χ2v) is 8.63. The summed E-state index contributed by atoms with van der Waals surface area (Å²) in [5.74, 6) is 2.36. The Morgan fingerprint density at radius 2 is 1.90 bits per heavy atom. The molecule has 0 atom stereocenters. The lowest BCUT2D eigenvalue weighted by Gasteiger charge is -2.08. The number of rotatable bonds is 7. The van der Waals surface area contributed by atoms with Gasteiger partial charge in [-0.3, -0.25) is 0 Å². The van der Waals surface area contributed by atoms with Gasteiger partial charge in [-0.25, -0.2) is 4.98 Å². The summed E-state index contributed by atoms with van der Waals surface area (Å²) in [6.45, 7) is 2.40. The van der Waals surface area contributed by atoms with E-state index in [4.69, 9.17) is 21.3 Å². The van der Waals surface area contributed by atoms with Crippen molar-refractivity contribution >= 4 is 34.7 Å². The molecule has 0 fully saturated rings. The number of hydrogen-bond donors (Lipinski definition) is 0. The lowest BCUT2D eigenvalue weighted by atomic mass is 10.2. The fourth-order valence-electron chi connectivity index (χ4n) is 2.73. The van der Waals surface area contributed by atoms with Crippen molar-refractivity contribution in [2.45, 2.75) is 24.4 Å². The number of para-hydroxylation sites is 1. The van der Waals surface area contributed by atoms with Crippen molar-refractivity contribution in [3.63, 3.8) is 0 Å². The average Bonchev–Trinajstić information content (AvgIpc) is 3.33. The zero-order chi connectivity index (χ0) is 20.2. The maximum absolute atomic E-state index is 6.28. The van der Waals surface area contributed by atoms with E-state index in [1.165, 1.54) is 0 Å². The highest BCUT2D eigenvalue weighted by Gasteiger charge is 2.13. The summed E-state index contributed by atoms with van der Waals surface area (Å²) in [5, 5.41) is 13.1. The maximum Gasteiger partial charge on any atom is 0.191 e. The minimum Gasteiger partial charge on any atom is -0.485 e. The lowest BCUT2D eigenvalue weighted by molar-refractivity contribution is 0.288. The third-order valence-corrected chi connectivity index (χ3v) is 6.69. The monoisotopic (exact) mass is 442 g/mol. The molecule has 0 aliphatic heterocycles. The molecule has 0 unspecified atom stereocenters. The lowest BCUT2D eigenvalue weighted by Crippen LogP contribution is -2.04. The third kappa shape index (κ3) is 4.63. The number of thiazole rings is 1. The van der Waals surface area contributed by atoms with Crippen LogP contribution >= 0.6 is 34.7 Å². The highest BCUT2D eigenvalue weighted by Crippen LogP contribution is 2.31. The molecule has 0 N–H and O–H groups in total. The van der Waals surface area contributed by atoms with E-state index in [1.807, 2.05) is 67.1 Å². The topological polar surface area (TPSA) is 52.8 Å². The fraction of sp³-hybridized carbons (Fsp3) is 0.190. The molecule has 0 amide bonds. The number of benzene rings is 2. The molecule has 29 heavy (non-hydrogen) atoms. The number of aryl methyl sites for hydroxylation is 1. The molecule has 5 nitrogen and oxygen atoms in total. The number of hydrogen-bond acceptors (Lipinski definition) is 6. The smallest absolute Gasteiger partial charge is 0.191 e. The van der Waals surface area contributed by atoms with E-state index in [0.717, 1.165) is 38.6 Å². The van der Waals surface area contributed by atoms with Gasteiger partial charge in [0.15, 0.2) is 11.0 Å². The maximum atomic E-state index is 6.28. The van der Waals surface area contributed by atoms with E-state index in [1.54, 1.807) is 23.1 Å². The second-order valence-electron chi connectivity index (χ2n) is 6.42. The first-order valence-electron chi connectivity index (χ1n) is 9.00. The van der Waals surface area contributed by atoms with Crippen LogP contribution in [-0.4, -0.2) is 19.7 Å². The number of aromatic nitrogens is 4. The van der Waals surface area contributed by atoms with Gasteiger partial charge in [0.05, 0.1) is 10.7 Å². The van der Waals surface area contributed by atoms with Crippen LogP contribution < -0.4 is 4.74 Å². The highest BCUT2D eigenvalue weighted by atomic mass is 35.5. The Hall–Kier alpha value is -2.35. The minimum atomic E-state index is 0.377. The molecule has 2 aromatic heterocycles. The van der Waals surface area contributed by atoms with Crippen LogP contribution in [0.25, 0.3) is 10.6 Å². The molecule has 0 aliphatic carbocycles. The predicted octanol–water partition coefficient (Wildman–Crippen LogP) is 5.77. The molecular weight excluding hydrogens is 424 g/mol. The normalized spacial score (nSPS) is 11.0. The van der Waals surface area contributed by atoms with Crippen molar-refractivity contribution in [1.82, 2.24) is 19.7 Å². The summed E-state index contributed by atoms with van der Waals surface area (Å²) in [6.07, 6.45) is 0. The van der Waals surface area contributed by atoms with Crippen LogP contribution in [0.4, 0.5) is 0 Å². The Labute approximate surface area is 182 Å². The van der Waals surface area contributed by atoms with Crippen LogP contribution in [-0.2, 0) is 19.4 Å². The van der Waals surface area contributed by atoms with Gasteiger partial charge in [0.1, 0.15) is 17.4 Å². The van der Waals surface area contributed by atoms with Gasteiger partial charge < -0.3 is 9.30 Å². The summed E-state index contributed by atoms with van der Waals surface area (Å²) in [5.41, 5.74) is 3.06. The molecule has 0 radical (unpaired) electrons. The van der Waals surface area contributed by atoms with E-state index >= 15 is 0 Å². The van der Waals surface area contributed by atoms with Crippen LogP contribution in [0.15, 0.2) is 59.1 Å². The van der Waals surface area contributed by atoms with Crippen molar-refractivity contribution in [3.05, 3.63) is 76.0 Å². The highest BCUT2D eigenvalue weighted by molar-refractivity contribution is 7.98. The molecule has 0 saturated carbocycles. The standard InChI is InChI=1S/C21H19ClN4OS2/c1-14-7-3-6-10-18(14)27-11-19-24-25-21(26(19)2)29-13-15-12-28-20(23-15)16-8-4-5-9-17(16)22/h3-10,12H,11,13H2,1-2H3. The van der Waals surface area contributed by atoms with E-state index in [9.17, 15) is 0 Å². The Balaban J connectivity index is 1.39. The Morgan fingerprint density at radius 1 is 1.10 bits per heavy atom. The van der Waals surface area contributed by atoms with Crippen molar-refractivity contribution in [1.29, 1.82) is 0 Å². The minimum absolute atomic E-state index is 0.377. The average molecular weight is 443 g/mol. The Morgan fingerprint density at radius 3 is 2.72 bits per heavy atom. The SMILES string of the molecule is Cc1ccccc1OCc1nnc(SCc2csc(-c3ccccc3Cl)n2)n1C. The number of nitrogens with zero attached hydrogens (tertiary/aromatic N) is 4. The van der Waals surface area contributed by atoms with Crippen molar-refractivity contribution in [3.8, 4) is 16.3 Å². The second kappa shape index (κ2) is 8.98. The number of thioether (sulfide) groups is 1. The third-order valence-electron chi connectivity index (χ3n) is 4.38. The van der Waals surface area contributed by atoms with Gasteiger partial charge in [0, 0.05) is 23.7 Å². The van der Waals surface area contributed by atoms with Gasteiger partial charge in [-0.15, -0.1) is 21.5 Å². The fourth-order valence-corrected chi connectivity index (χ4v) is 4.80. The summed E-state index contributed by atoms with van der Waals surface area (Å²) in [6, 6.07) is 15.7. The summed E-state index contributed by atoms with van der Waals surface area (Å²) < 4.78 is 7.85. The molecule has 0 aliphatic rings. The first-order valence-corrected chi connectivity index (χ1v) is 11.2. The van der Waals surface area contributed by atoms with Crippen molar-refractivity contribution in [2.24, 2.45) is 7.05 Å². The van der Waals surface area contributed by atoms with E-state index < -0.39 is 0 Å². The largest absolute Gasteiger partial charge is 0.485 e. The first kappa shape index (κ1) is 19.9. The van der Waals surface area contributed by atoms with E-state index in [-0.39, 0.29) is 0 Å². The summed E-state index contributed by atoms with van der Waals surface area (Å²) in [7, 11) is 1.95. The van der Waals surface area contributed by atoms with Crippen LogP contribution in [0, 0.1) is 6.92 Å². The molecule has 4 rings (SSSR count). The van der Waals surface area contributed by atoms with Crippen LogP contribution in [0.2, 0.25) is 5.02 Å². The molecule has 0 saturated heterocycles. The molecule has 4 aromatic rings. The van der Waals surface area contributed by atoms with Gasteiger partial charge >= 0.3 is 0 Å². The molecule has 8 heteroatoms. The van der Waals surface area contributed by atoms with Crippen molar-refractivity contribution < 1.29 is 4.74 Å². The van der Waals surface area contributed by atoms with Gasteiger partial charge in [-0.2, -0.15) is 0 Å². The Bertz CT molecular complexity index is 1130. The van der Waals surface area contributed by atoms with Crippen LogP contribution in [0.5, 0.6) is 5.75 Å². The summed E-state index contributed by atoms with van der Waals surface area (Å²) in [4.78, 5) is 4.71. The zero-order valence-corrected chi connectivity index (χ0v) is 18.4. The predicted molar refractivity (Wildman–Crippen MR) is 119 cm³/mol. The van der Waals surface area contributed by atoms with Crippen LogP contribution in [0.3, 0.4) is 0 Å². The van der Waals surface area contributed by atoms with Crippen molar-refractivity contribution in [2.75, 3.05) is 0 Å². The van der Waals surface area contributed by atoms with E-state index in [2.05, 4.69) is 15.6 Å². The van der Waals surface area contributed by atoms with Gasteiger partial charge in [0.25, 0.3) is 0 Å². The molecule has 0 bridgehead atoms.